The molecule has 1 fully saturated rings. The zero-order chi connectivity index (χ0) is 12.5. The largest absolute Gasteiger partial charge is 0.366 e. The minimum atomic E-state index is 0.235. The second-order valence-corrected chi connectivity index (χ2v) is 6.69. The lowest BCUT2D eigenvalue weighted by atomic mass is 9.92. The van der Waals surface area contributed by atoms with Gasteiger partial charge in [-0.15, -0.1) is 11.8 Å². The normalized spacial score (nSPS) is 23.8. The summed E-state index contributed by atoms with van der Waals surface area (Å²) in [5, 5.41) is 0. The second-order valence-electron chi connectivity index (χ2n) is 5.06. The van der Waals surface area contributed by atoms with Crippen LogP contribution in [0, 0.1) is 0 Å². The molecule has 1 atom stereocenters. The van der Waals surface area contributed by atoms with Gasteiger partial charge < -0.3 is 4.90 Å². The fourth-order valence-electron chi connectivity index (χ4n) is 2.61. The van der Waals surface area contributed by atoms with Gasteiger partial charge in [0.2, 0.25) is 0 Å². The van der Waals surface area contributed by atoms with Gasteiger partial charge in [0, 0.05) is 22.7 Å². The lowest BCUT2D eigenvalue weighted by molar-refractivity contribution is 0.223. The number of benzene rings is 1. The van der Waals surface area contributed by atoms with Crippen LogP contribution in [0.1, 0.15) is 32.4 Å². The molecule has 1 aliphatic rings. The number of thioether (sulfide) groups is 1. The first-order chi connectivity index (χ1) is 8.06. The molecule has 1 aliphatic heterocycles. The van der Waals surface area contributed by atoms with E-state index in [0.29, 0.717) is 6.04 Å². The van der Waals surface area contributed by atoms with Gasteiger partial charge >= 0.3 is 0 Å². The van der Waals surface area contributed by atoms with Crippen molar-refractivity contribution < 1.29 is 0 Å². The summed E-state index contributed by atoms with van der Waals surface area (Å²) in [6.45, 7) is 12.1. The maximum atomic E-state index is 4.21. The van der Waals surface area contributed by atoms with Crippen molar-refractivity contribution in [3.8, 4) is 0 Å². The zero-order valence-electron chi connectivity index (χ0n) is 10.9. The summed E-state index contributed by atoms with van der Waals surface area (Å²) in [5.74, 6) is 1.05. The second kappa shape index (κ2) is 4.77. The third-order valence-electron chi connectivity index (χ3n) is 3.44. The van der Waals surface area contributed by atoms with Crippen molar-refractivity contribution >= 4 is 11.8 Å². The van der Waals surface area contributed by atoms with Gasteiger partial charge in [0.1, 0.15) is 0 Å². The lowest BCUT2D eigenvalue weighted by Crippen LogP contribution is -2.44. The first-order valence-electron chi connectivity index (χ1n) is 6.19. The van der Waals surface area contributed by atoms with E-state index >= 15 is 0 Å². The van der Waals surface area contributed by atoms with Crippen molar-refractivity contribution in [1.82, 2.24) is 4.90 Å². The monoisotopic (exact) mass is 247 g/mol. The number of hydrogen-bond acceptors (Lipinski definition) is 2. The Labute approximate surface area is 109 Å². The summed E-state index contributed by atoms with van der Waals surface area (Å²) in [6.07, 6.45) is 0. The van der Waals surface area contributed by atoms with Crippen molar-refractivity contribution in [2.75, 3.05) is 12.3 Å². The Balaban J connectivity index is 2.41. The van der Waals surface area contributed by atoms with Crippen LogP contribution in [0.3, 0.4) is 0 Å². The van der Waals surface area contributed by atoms with Crippen LogP contribution in [0.25, 0.3) is 0 Å². The molecule has 0 amide bonds. The van der Waals surface area contributed by atoms with Crippen LogP contribution in [0.2, 0.25) is 0 Å². The average Bonchev–Trinajstić information content (AvgIpc) is 2.33. The highest BCUT2D eigenvalue weighted by Crippen LogP contribution is 2.47. The van der Waals surface area contributed by atoms with E-state index < -0.39 is 0 Å². The van der Waals surface area contributed by atoms with Crippen molar-refractivity contribution in [2.24, 2.45) is 0 Å². The molecule has 1 aromatic carbocycles. The Kier molecular flexibility index (Phi) is 3.53. The molecule has 1 aromatic rings. The molecule has 1 saturated heterocycles. The van der Waals surface area contributed by atoms with Gasteiger partial charge in [-0.1, -0.05) is 36.9 Å². The van der Waals surface area contributed by atoms with Crippen LogP contribution in [0.5, 0.6) is 0 Å². The van der Waals surface area contributed by atoms with Crippen LogP contribution < -0.4 is 0 Å². The maximum Gasteiger partial charge on any atom is 0.0680 e. The van der Waals surface area contributed by atoms with Crippen molar-refractivity contribution in [3.63, 3.8) is 0 Å². The molecule has 0 spiro atoms. The smallest absolute Gasteiger partial charge is 0.0680 e. The summed E-state index contributed by atoms with van der Waals surface area (Å²) >= 11 is 2.01. The average molecular weight is 247 g/mol. The van der Waals surface area contributed by atoms with Crippen LogP contribution in [-0.2, 0) is 0 Å². The van der Waals surface area contributed by atoms with Crippen molar-refractivity contribution in [3.05, 3.63) is 48.2 Å². The highest BCUT2D eigenvalue weighted by molar-refractivity contribution is 8.00. The van der Waals surface area contributed by atoms with E-state index in [1.165, 1.54) is 11.3 Å². The summed E-state index contributed by atoms with van der Waals surface area (Å²) < 4.78 is 0.235. The molecule has 0 N–H and O–H groups in total. The zero-order valence-corrected chi connectivity index (χ0v) is 11.8. The molecule has 0 aliphatic carbocycles. The highest BCUT2D eigenvalue weighted by atomic mass is 32.2. The van der Waals surface area contributed by atoms with E-state index in [1.807, 2.05) is 11.8 Å². The predicted molar refractivity (Wildman–Crippen MR) is 77.2 cm³/mol. The topological polar surface area (TPSA) is 3.24 Å². The molecule has 2 rings (SSSR count). The summed E-state index contributed by atoms with van der Waals surface area (Å²) in [4.78, 5) is 2.45. The molecule has 1 heterocycles. The third-order valence-corrected chi connectivity index (χ3v) is 4.89. The number of rotatable bonds is 2. The van der Waals surface area contributed by atoms with Gasteiger partial charge in [-0.2, -0.15) is 0 Å². The van der Waals surface area contributed by atoms with Crippen LogP contribution in [-0.4, -0.2) is 21.9 Å². The molecular weight excluding hydrogens is 226 g/mol. The van der Waals surface area contributed by atoms with Gasteiger partial charge in [-0.3, -0.25) is 0 Å². The minimum Gasteiger partial charge on any atom is -0.366 e. The Morgan fingerprint density at radius 2 is 2.00 bits per heavy atom. The number of hydrogen-bond donors (Lipinski definition) is 0. The van der Waals surface area contributed by atoms with E-state index in [0.717, 1.165) is 12.3 Å². The molecule has 17 heavy (non-hydrogen) atoms. The summed E-state index contributed by atoms with van der Waals surface area (Å²) in [7, 11) is 0. The molecule has 0 aromatic heterocycles. The molecule has 92 valence electrons. The molecule has 1 nitrogen and oxygen atoms in total. The molecule has 0 unspecified atom stereocenters. The third kappa shape index (κ3) is 2.37. The predicted octanol–water partition coefficient (Wildman–Crippen LogP) is 4.09. The first kappa shape index (κ1) is 12.6. The van der Waals surface area contributed by atoms with Crippen LogP contribution in [0.4, 0.5) is 0 Å². The summed E-state index contributed by atoms with van der Waals surface area (Å²) in [5.41, 5.74) is 2.65. The van der Waals surface area contributed by atoms with E-state index in [1.54, 1.807) is 0 Å². The lowest BCUT2D eigenvalue weighted by Gasteiger charge is -2.48. The Hall–Kier alpha value is -0.890. The molecule has 0 radical (unpaired) electrons. The standard InChI is InChI=1S/C15H21NS/c1-5-16-12(2)11-17-15(3,4)14(16)13-9-7-6-8-10-13/h6-10,14H,2,5,11H2,1,3-4H3/t14-/m1/s1. The Morgan fingerprint density at radius 3 is 2.59 bits per heavy atom. The fraction of sp³-hybridized carbons (Fsp3) is 0.467. The minimum absolute atomic E-state index is 0.235. The van der Waals surface area contributed by atoms with E-state index in [-0.39, 0.29) is 4.75 Å². The molecular formula is C15H21NS. The molecule has 2 heteroatoms. The quantitative estimate of drug-likeness (QED) is 0.774. The van der Waals surface area contributed by atoms with Crippen molar-refractivity contribution in [2.45, 2.75) is 31.6 Å². The number of nitrogens with zero attached hydrogens (tertiary/aromatic N) is 1. The van der Waals surface area contributed by atoms with Crippen LogP contribution in [0.15, 0.2) is 42.6 Å². The maximum absolute atomic E-state index is 4.21. The van der Waals surface area contributed by atoms with Gasteiger partial charge in [-0.25, -0.2) is 0 Å². The van der Waals surface area contributed by atoms with Crippen LogP contribution >= 0.6 is 11.8 Å². The Morgan fingerprint density at radius 1 is 1.35 bits per heavy atom. The van der Waals surface area contributed by atoms with Gasteiger partial charge in [0.25, 0.3) is 0 Å². The van der Waals surface area contributed by atoms with E-state index in [2.05, 4.69) is 62.6 Å². The van der Waals surface area contributed by atoms with Gasteiger partial charge in [-0.05, 0) is 26.3 Å². The van der Waals surface area contributed by atoms with E-state index in [4.69, 9.17) is 0 Å². The Bertz CT molecular complexity index is 397. The van der Waals surface area contributed by atoms with Gasteiger partial charge in [0.05, 0.1) is 6.04 Å². The van der Waals surface area contributed by atoms with Gasteiger partial charge in [0.15, 0.2) is 0 Å². The SMILES string of the molecule is C=C1CSC(C)(C)[C@@H](c2ccccc2)N1CC. The molecule has 0 bridgehead atoms. The fourth-order valence-corrected chi connectivity index (χ4v) is 3.74. The summed E-state index contributed by atoms with van der Waals surface area (Å²) in [6, 6.07) is 11.2. The van der Waals surface area contributed by atoms with Crippen molar-refractivity contribution in [1.29, 1.82) is 0 Å². The van der Waals surface area contributed by atoms with E-state index in [9.17, 15) is 0 Å². The highest BCUT2D eigenvalue weighted by Gasteiger charge is 2.39. The molecule has 0 saturated carbocycles. The first-order valence-corrected chi connectivity index (χ1v) is 7.18.